The largest absolute Gasteiger partial charge is 0.479 e. The highest BCUT2D eigenvalue weighted by Gasteiger charge is 2.50. The smallest absolute Gasteiger partial charge is 0.335 e. The van der Waals surface area contributed by atoms with E-state index in [1.165, 1.54) is 141 Å². The number of rotatable bonds is 56. The maximum atomic E-state index is 13.1. The Hall–Kier alpha value is -3.32. The zero-order chi connectivity index (χ0) is 57.5. The number of carbonyl (C=O) groups excluding carboxylic acids is 3. The lowest BCUT2D eigenvalue weighted by Gasteiger charge is -2.40. The van der Waals surface area contributed by atoms with E-state index in [-0.39, 0.29) is 25.9 Å². The minimum atomic E-state index is -1.90. The number of ether oxygens (including phenoxy) is 5. The molecule has 0 amide bonds. The molecule has 12 heteroatoms. The SMILES string of the molecule is CCCC/C=C\CCCCCCCC(=O)OC(COC(=O)CCCCCCCCCCC/C=C\C/C=C\CCCCC)COC1OC(C(=O)O)C(O)C(O)C1OC(=O)CCCCCCCCCCC/C=C\CCCCCCCC. The summed E-state index contributed by atoms with van der Waals surface area (Å²) in [7, 11) is 0. The number of hydrogen-bond acceptors (Lipinski definition) is 11. The lowest BCUT2D eigenvalue weighted by molar-refractivity contribution is -0.301. The van der Waals surface area contributed by atoms with Gasteiger partial charge in [-0.05, 0) is 96.3 Å². The van der Waals surface area contributed by atoms with Gasteiger partial charge in [0.1, 0.15) is 18.8 Å². The number of carbonyl (C=O) groups is 4. The van der Waals surface area contributed by atoms with Gasteiger partial charge in [-0.15, -0.1) is 0 Å². The van der Waals surface area contributed by atoms with E-state index in [0.717, 1.165) is 103 Å². The molecule has 0 aromatic carbocycles. The third-order valence-electron chi connectivity index (χ3n) is 14.8. The van der Waals surface area contributed by atoms with Gasteiger partial charge in [0.05, 0.1) is 6.61 Å². The summed E-state index contributed by atoms with van der Waals surface area (Å²) in [5.41, 5.74) is 0. The number of aliphatic carboxylic acids is 1. The first-order valence-electron chi connectivity index (χ1n) is 32.6. The molecule has 0 spiro atoms. The molecular formula is C67H118O12. The molecule has 0 aliphatic carbocycles. The molecule has 6 unspecified atom stereocenters. The second-order valence-electron chi connectivity index (χ2n) is 22.4. The minimum Gasteiger partial charge on any atom is -0.479 e. The third-order valence-corrected chi connectivity index (χ3v) is 14.8. The van der Waals surface area contributed by atoms with Crippen molar-refractivity contribution in [2.24, 2.45) is 0 Å². The fourth-order valence-electron chi connectivity index (χ4n) is 9.79. The van der Waals surface area contributed by atoms with E-state index >= 15 is 0 Å². The molecule has 1 fully saturated rings. The standard InChI is InChI=1S/C67H118O12/c1-4-7-10-13-16-19-22-24-26-28-30-32-34-36-39-41-44-47-50-53-59(68)75-56-58(77-60(69)54-51-48-45-42-38-21-18-15-12-9-6-3)57-76-67-65(63(72)62(71)64(79-67)66(73)74)78-61(70)55-52-49-46-43-40-37-35-33-31-29-27-25-23-20-17-14-11-8-5-2/h15-16,18-19,24-27,58,62-65,67,71-72H,4-14,17,20-23,28-57H2,1-3H3,(H,73,74)/b18-15-,19-16-,26-24-,27-25-. The number of carboxylic acids is 1. The highest BCUT2D eigenvalue weighted by atomic mass is 16.7. The van der Waals surface area contributed by atoms with Crippen LogP contribution in [0.25, 0.3) is 0 Å². The van der Waals surface area contributed by atoms with Crippen LogP contribution in [0.1, 0.15) is 303 Å². The van der Waals surface area contributed by atoms with E-state index in [9.17, 15) is 34.5 Å². The topological polar surface area (TPSA) is 175 Å². The van der Waals surface area contributed by atoms with Gasteiger partial charge < -0.3 is 39.0 Å². The summed E-state index contributed by atoms with van der Waals surface area (Å²) in [4.78, 5) is 51.2. The van der Waals surface area contributed by atoms with Crippen molar-refractivity contribution in [3.05, 3.63) is 48.6 Å². The lowest BCUT2D eigenvalue weighted by atomic mass is 9.98. The van der Waals surface area contributed by atoms with Crippen molar-refractivity contribution in [1.82, 2.24) is 0 Å². The van der Waals surface area contributed by atoms with Gasteiger partial charge in [-0.3, -0.25) is 14.4 Å². The average molecular weight is 1120 g/mol. The van der Waals surface area contributed by atoms with Crippen molar-refractivity contribution in [2.75, 3.05) is 13.2 Å². The monoisotopic (exact) mass is 1110 g/mol. The first-order chi connectivity index (χ1) is 38.6. The summed E-state index contributed by atoms with van der Waals surface area (Å²) in [5, 5.41) is 31.6. The maximum Gasteiger partial charge on any atom is 0.335 e. The average Bonchev–Trinajstić information content (AvgIpc) is 3.47. The summed E-state index contributed by atoms with van der Waals surface area (Å²) >= 11 is 0. The van der Waals surface area contributed by atoms with Crippen LogP contribution in [0.3, 0.4) is 0 Å². The first-order valence-corrected chi connectivity index (χ1v) is 32.6. The molecule has 0 bridgehead atoms. The molecule has 0 radical (unpaired) electrons. The summed E-state index contributed by atoms with van der Waals surface area (Å²) in [5.74, 6) is -3.12. The summed E-state index contributed by atoms with van der Waals surface area (Å²) < 4.78 is 28.5. The maximum absolute atomic E-state index is 13.1. The van der Waals surface area contributed by atoms with Crippen molar-refractivity contribution in [3.63, 3.8) is 0 Å². The van der Waals surface area contributed by atoms with E-state index in [1.54, 1.807) is 0 Å². The zero-order valence-electron chi connectivity index (χ0n) is 50.6. The molecule has 0 saturated carbocycles. The Morgan fingerprint density at radius 3 is 1.22 bits per heavy atom. The van der Waals surface area contributed by atoms with Gasteiger partial charge in [0, 0.05) is 19.3 Å². The van der Waals surface area contributed by atoms with Gasteiger partial charge in [-0.25, -0.2) is 4.79 Å². The quantitative estimate of drug-likeness (QED) is 0.0228. The van der Waals surface area contributed by atoms with E-state index < -0.39 is 67.3 Å². The second-order valence-corrected chi connectivity index (χ2v) is 22.4. The highest BCUT2D eigenvalue weighted by Crippen LogP contribution is 2.27. The molecule has 1 aliphatic rings. The van der Waals surface area contributed by atoms with E-state index in [0.29, 0.717) is 19.3 Å². The Bertz CT molecular complexity index is 1560. The van der Waals surface area contributed by atoms with Crippen LogP contribution in [0, 0.1) is 0 Å². The van der Waals surface area contributed by atoms with Crippen molar-refractivity contribution in [2.45, 2.75) is 340 Å². The van der Waals surface area contributed by atoms with Crippen LogP contribution in [0.4, 0.5) is 0 Å². The highest BCUT2D eigenvalue weighted by molar-refractivity contribution is 5.74. The molecule has 1 heterocycles. The summed E-state index contributed by atoms with van der Waals surface area (Å²) in [6.45, 7) is 5.95. The van der Waals surface area contributed by atoms with Crippen LogP contribution in [0.2, 0.25) is 0 Å². The Morgan fingerprint density at radius 2 is 0.772 bits per heavy atom. The number of carboxylic acid groups (broad SMARTS) is 1. The van der Waals surface area contributed by atoms with Crippen LogP contribution in [0.15, 0.2) is 48.6 Å². The number of allylic oxidation sites excluding steroid dienone is 8. The van der Waals surface area contributed by atoms with Crippen LogP contribution < -0.4 is 0 Å². The Kier molecular flexibility index (Phi) is 51.5. The Labute approximate surface area is 482 Å². The molecule has 6 atom stereocenters. The molecule has 0 aromatic rings. The van der Waals surface area contributed by atoms with E-state index in [2.05, 4.69) is 69.4 Å². The minimum absolute atomic E-state index is 0.0588. The Morgan fingerprint density at radius 1 is 0.418 bits per heavy atom. The molecule has 1 saturated heterocycles. The van der Waals surface area contributed by atoms with Crippen molar-refractivity contribution >= 4 is 23.9 Å². The van der Waals surface area contributed by atoms with Gasteiger partial charge in [0.15, 0.2) is 24.6 Å². The van der Waals surface area contributed by atoms with Crippen molar-refractivity contribution in [3.8, 4) is 0 Å². The predicted octanol–water partition coefficient (Wildman–Crippen LogP) is 17.3. The van der Waals surface area contributed by atoms with Crippen LogP contribution in [-0.4, -0.2) is 89.2 Å². The summed E-state index contributed by atoms with van der Waals surface area (Å²) in [6.07, 6.45) is 55.0. The molecule has 3 N–H and O–H groups in total. The van der Waals surface area contributed by atoms with E-state index in [1.807, 2.05) is 0 Å². The van der Waals surface area contributed by atoms with Crippen LogP contribution in [-0.2, 0) is 42.9 Å². The fourth-order valence-corrected chi connectivity index (χ4v) is 9.79. The molecule has 458 valence electrons. The molecule has 0 aromatic heterocycles. The fraction of sp³-hybridized carbons (Fsp3) is 0.821. The van der Waals surface area contributed by atoms with Crippen LogP contribution in [0.5, 0.6) is 0 Å². The number of aliphatic hydroxyl groups is 2. The van der Waals surface area contributed by atoms with Crippen LogP contribution >= 0.6 is 0 Å². The molecule has 1 rings (SSSR count). The van der Waals surface area contributed by atoms with Gasteiger partial charge in [-0.1, -0.05) is 236 Å². The summed E-state index contributed by atoms with van der Waals surface area (Å²) in [6, 6.07) is 0. The number of esters is 3. The Balaban J connectivity index is 2.61. The number of unbranched alkanes of at least 4 members (excludes halogenated alkanes) is 34. The first kappa shape index (κ1) is 73.7. The van der Waals surface area contributed by atoms with Crippen molar-refractivity contribution in [1.29, 1.82) is 0 Å². The lowest BCUT2D eigenvalue weighted by Crippen LogP contribution is -2.61. The zero-order valence-corrected chi connectivity index (χ0v) is 50.6. The predicted molar refractivity (Wildman–Crippen MR) is 322 cm³/mol. The number of hydrogen-bond donors (Lipinski definition) is 3. The van der Waals surface area contributed by atoms with Gasteiger partial charge in [0.25, 0.3) is 0 Å². The van der Waals surface area contributed by atoms with E-state index in [4.69, 9.17) is 23.7 Å². The van der Waals surface area contributed by atoms with Crippen molar-refractivity contribution < 1.29 is 58.2 Å². The normalized spacial score (nSPS) is 18.1. The third kappa shape index (κ3) is 45.0. The molecule has 79 heavy (non-hydrogen) atoms. The van der Waals surface area contributed by atoms with Gasteiger partial charge in [0.2, 0.25) is 0 Å². The molecular weight excluding hydrogens is 997 g/mol. The molecule has 12 nitrogen and oxygen atoms in total. The molecule has 1 aliphatic heterocycles. The van der Waals surface area contributed by atoms with Gasteiger partial charge in [-0.2, -0.15) is 0 Å². The van der Waals surface area contributed by atoms with Gasteiger partial charge >= 0.3 is 23.9 Å². The number of aliphatic hydroxyl groups excluding tert-OH is 2. The second kappa shape index (κ2) is 55.2.